The summed E-state index contributed by atoms with van der Waals surface area (Å²) in [6.07, 6.45) is 7.54. The number of benzene rings is 1. The van der Waals surface area contributed by atoms with E-state index in [-0.39, 0.29) is 11.6 Å². The molecule has 1 saturated carbocycles. The van der Waals surface area contributed by atoms with E-state index in [1.807, 2.05) is 10.8 Å². The van der Waals surface area contributed by atoms with Gasteiger partial charge in [-0.3, -0.25) is 9.36 Å². The summed E-state index contributed by atoms with van der Waals surface area (Å²) in [7, 11) is 1.34. The van der Waals surface area contributed by atoms with Crippen molar-refractivity contribution >= 4 is 28.6 Å². The van der Waals surface area contributed by atoms with E-state index in [1.54, 1.807) is 18.2 Å². The Balaban J connectivity index is 2.16. The van der Waals surface area contributed by atoms with Crippen molar-refractivity contribution in [2.75, 3.05) is 13.4 Å². The van der Waals surface area contributed by atoms with Crippen molar-refractivity contribution in [1.29, 1.82) is 0 Å². The number of hydrogen-bond donors (Lipinski definition) is 0. The van der Waals surface area contributed by atoms with Gasteiger partial charge >= 0.3 is 5.97 Å². The van der Waals surface area contributed by atoms with Gasteiger partial charge in [-0.25, -0.2) is 9.78 Å². The molecule has 0 unspecified atom stereocenters. The van der Waals surface area contributed by atoms with Crippen LogP contribution < -0.4 is 5.56 Å². The van der Waals surface area contributed by atoms with Gasteiger partial charge in [0.2, 0.25) is 0 Å². The topological polar surface area (TPSA) is 61.2 Å². The summed E-state index contributed by atoms with van der Waals surface area (Å²) < 4.78 is 6.59. The maximum atomic E-state index is 13.0. The van der Waals surface area contributed by atoms with Gasteiger partial charge in [0.1, 0.15) is 0 Å². The number of ether oxygens (including phenoxy) is 1. The molecule has 0 aliphatic heterocycles. The highest BCUT2D eigenvalue weighted by Gasteiger charge is 2.21. The van der Waals surface area contributed by atoms with E-state index in [0.717, 1.165) is 30.8 Å². The molecule has 0 N–H and O–H groups in total. The molecule has 1 aliphatic carbocycles. The normalized spacial score (nSPS) is 15.7. The van der Waals surface area contributed by atoms with Crippen LogP contribution in [0.1, 0.15) is 48.5 Å². The van der Waals surface area contributed by atoms with Crippen LogP contribution in [0.3, 0.4) is 0 Å². The van der Waals surface area contributed by atoms with Gasteiger partial charge in [-0.1, -0.05) is 31.0 Å². The van der Waals surface area contributed by atoms with E-state index in [1.165, 1.54) is 25.3 Å². The number of carbonyl (C=O) groups excluding carboxylic acids is 1. The Hall–Kier alpha value is -1.82. The minimum absolute atomic E-state index is 0.0114. The average molecular weight is 332 g/mol. The standard InChI is InChI=1S/C17H20N2O3S/c1-22-16(21)11-8-9-13-14(10-11)18-17(23-2)19(15(13)20)12-6-4-3-5-7-12/h8-10,12H,3-7H2,1-2H3. The Labute approximate surface area is 139 Å². The Bertz CT molecular complexity index is 794. The molecule has 0 saturated heterocycles. The van der Waals surface area contributed by atoms with Crippen molar-refractivity contribution in [2.24, 2.45) is 0 Å². The number of thioether (sulfide) groups is 1. The summed E-state index contributed by atoms with van der Waals surface area (Å²) in [5.74, 6) is -0.420. The van der Waals surface area contributed by atoms with E-state index in [0.29, 0.717) is 16.5 Å². The fourth-order valence-electron chi connectivity index (χ4n) is 3.23. The molecule has 3 rings (SSSR count). The number of methoxy groups -OCH3 is 1. The highest BCUT2D eigenvalue weighted by Crippen LogP contribution is 2.30. The molecule has 6 heteroatoms. The maximum Gasteiger partial charge on any atom is 0.337 e. The third-order valence-corrected chi connectivity index (χ3v) is 5.07. The highest BCUT2D eigenvalue weighted by atomic mass is 32.2. The van der Waals surface area contributed by atoms with E-state index in [4.69, 9.17) is 4.74 Å². The summed E-state index contributed by atoms with van der Waals surface area (Å²) in [5.41, 5.74) is 0.950. The molecule has 0 spiro atoms. The van der Waals surface area contributed by atoms with Gasteiger partial charge in [0.05, 0.1) is 23.6 Å². The van der Waals surface area contributed by atoms with Gasteiger partial charge in [-0.15, -0.1) is 0 Å². The van der Waals surface area contributed by atoms with Crippen LogP contribution in [0, 0.1) is 0 Å². The first kappa shape index (κ1) is 16.1. The number of esters is 1. The first-order valence-electron chi connectivity index (χ1n) is 7.84. The minimum Gasteiger partial charge on any atom is -0.465 e. The highest BCUT2D eigenvalue weighted by molar-refractivity contribution is 7.98. The average Bonchev–Trinajstić information content (AvgIpc) is 2.61. The van der Waals surface area contributed by atoms with E-state index in [2.05, 4.69) is 4.98 Å². The fourth-order valence-corrected chi connectivity index (χ4v) is 3.85. The largest absolute Gasteiger partial charge is 0.465 e. The van der Waals surface area contributed by atoms with Crippen LogP contribution in [-0.2, 0) is 4.74 Å². The molecular formula is C17H20N2O3S. The molecule has 0 amide bonds. The Morgan fingerprint density at radius 3 is 2.70 bits per heavy atom. The summed E-state index contributed by atoms with van der Waals surface area (Å²) in [6, 6.07) is 5.17. The van der Waals surface area contributed by atoms with Crippen LogP contribution in [-0.4, -0.2) is 28.9 Å². The van der Waals surface area contributed by atoms with Crippen molar-refractivity contribution in [2.45, 2.75) is 43.3 Å². The zero-order valence-corrected chi connectivity index (χ0v) is 14.2. The summed E-state index contributed by atoms with van der Waals surface area (Å²) in [6.45, 7) is 0. The SMILES string of the molecule is COC(=O)c1ccc2c(=O)n(C3CCCCC3)c(SC)nc2c1. The Kier molecular flexibility index (Phi) is 4.71. The van der Waals surface area contributed by atoms with Crippen LogP contribution in [0.25, 0.3) is 10.9 Å². The predicted molar refractivity (Wildman–Crippen MR) is 91.2 cm³/mol. The molecule has 2 aromatic rings. The van der Waals surface area contributed by atoms with Crippen molar-refractivity contribution in [3.05, 3.63) is 34.1 Å². The number of aromatic nitrogens is 2. The quantitative estimate of drug-likeness (QED) is 0.490. The van der Waals surface area contributed by atoms with Crippen LogP contribution in [0.15, 0.2) is 28.2 Å². The van der Waals surface area contributed by atoms with Crippen molar-refractivity contribution in [1.82, 2.24) is 9.55 Å². The van der Waals surface area contributed by atoms with Crippen LogP contribution >= 0.6 is 11.8 Å². The molecule has 1 aliphatic rings. The molecule has 1 aromatic carbocycles. The van der Waals surface area contributed by atoms with Crippen LogP contribution in [0.2, 0.25) is 0 Å². The van der Waals surface area contributed by atoms with Gasteiger partial charge in [0.15, 0.2) is 5.16 Å². The number of rotatable bonds is 3. The third-order valence-electron chi connectivity index (χ3n) is 4.41. The first-order chi connectivity index (χ1) is 11.2. The van der Waals surface area contributed by atoms with Gasteiger partial charge in [0, 0.05) is 6.04 Å². The number of carbonyl (C=O) groups is 1. The van der Waals surface area contributed by atoms with Crippen LogP contribution in [0.4, 0.5) is 0 Å². The van der Waals surface area contributed by atoms with Gasteiger partial charge < -0.3 is 4.74 Å². The first-order valence-corrected chi connectivity index (χ1v) is 9.06. The minimum atomic E-state index is -0.420. The number of nitrogens with zero attached hydrogens (tertiary/aromatic N) is 2. The second-order valence-corrected chi connectivity index (χ2v) is 6.56. The molecule has 0 bridgehead atoms. The van der Waals surface area contributed by atoms with Crippen LogP contribution in [0.5, 0.6) is 0 Å². The molecule has 122 valence electrons. The zero-order valence-electron chi connectivity index (χ0n) is 13.4. The second-order valence-electron chi connectivity index (χ2n) is 5.79. The van der Waals surface area contributed by atoms with E-state index >= 15 is 0 Å². The molecule has 1 fully saturated rings. The third kappa shape index (κ3) is 3.00. The molecule has 0 atom stereocenters. The predicted octanol–water partition coefficient (Wildman–Crippen LogP) is 3.41. The Morgan fingerprint density at radius 2 is 2.04 bits per heavy atom. The molecule has 0 radical (unpaired) electrons. The maximum absolute atomic E-state index is 13.0. The summed E-state index contributed by atoms with van der Waals surface area (Å²) >= 11 is 1.47. The lowest BCUT2D eigenvalue weighted by Crippen LogP contribution is -2.29. The molecular weight excluding hydrogens is 312 g/mol. The lowest BCUT2D eigenvalue weighted by Gasteiger charge is -2.25. The van der Waals surface area contributed by atoms with E-state index < -0.39 is 5.97 Å². The summed E-state index contributed by atoms with van der Waals surface area (Å²) in [4.78, 5) is 29.2. The molecule has 23 heavy (non-hydrogen) atoms. The van der Waals surface area contributed by atoms with Gasteiger partial charge in [-0.2, -0.15) is 0 Å². The number of hydrogen-bond acceptors (Lipinski definition) is 5. The van der Waals surface area contributed by atoms with Gasteiger partial charge in [-0.05, 0) is 37.3 Å². The zero-order chi connectivity index (χ0) is 16.4. The Morgan fingerprint density at radius 1 is 1.30 bits per heavy atom. The van der Waals surface area contributed by atoms with Gasteiger partial charge in [0.25, 0.3) is 5.56 Å². The molecule has 1 aromatic heterocycles. The summed E-state index contributed by atoms with van der Waals surface area (Å²) in [5, 5.41) is 1.28. The van der Waals surface area contributed by atoms with Crippen molar-refractivity contribution in [3.8, 4) is 0 Å². The lowest BCUT2D eigenvalue weighted by molar-refractivity contribution is 0.0601. The molecule has 5 nitrogen and oxygen atoms in total. The number of fused-ring (bicyclic) bond motifs is 1. The fraction of sp³-hybridized carbons (Fsp3) is 0.471. The van der Waals surface area contributed by atoms with Crippen molar-refractivity contribution < 1.29 is 9.53 Å². The molecule has 1 heterocycles. The monoisotopic (exact) mass is 332 g/mol. The van der Waals surface area contributed by atoms with E-state index in [9.17, 15) is 9.59 Å². The second kappa shape index (κ2) is 6.74. The lowest BCUT2D eigenvalue weighted by atomic mass is 9.95. The van der Waals surface area contributed by atoms with Crippen molar-refractivity contribution in [3.63, 3.8) is 0 Å². The smallest absolute Gasteiger partial charge is 0.337 e.